The summed E-state index contributed by atoms with van der Waals surface area (Å²) < 4.78 is 5.78. The van der Waals surface area contributed by atoms with Gasteiger partial charge in [0.15, 0.2) is 5.78 Å². The average Bonchev–Trinajstić information content (AvgIpc) is 2.97. The summed E-state index contributed by atoms with van der Waals surface area (Å²) in [6, 6.07) is 0. The zero-order valence-electron chi connectivity index (χ0n) is 14.9. The number of fused-ring (bicyclic) bond motifs is 5. The molecule has 2 nitrogen and oxygen atoms in total. The molecule has 0 N–H and O–H groups in total. The minimum Gasteiger partial charge on any atom is -0.496 e. The quantitative estimate of drug-likeness (QED) is 0.735. The predicted octanol–water partition coefficient (Wildman–Crippen LogP) is 4.93. The third-order valence-corrected chi connectivity index (χ3v) is 6.72. The van der Waals surface area contributed by atoms with Crippen LogP contribution in [-0.2, 0) is 6.42 Å². The van der Waals surface area contributed by atoms with Crippen molar-refractivity contribution in [3.8, 4) is 5.75 Å². The van der Waals surface area contributed by atoms with Gasteiger partial charge < -0.3 is 4.74 Å². The second-order valence-electron chi connectivity index (χ2n) is 8.32. The standard InChI is InChI=1S/C21H26O2/c1-10-7-8-14-18(21(14,4)5)16-12(3)20(23-6)13-9-11(2)19(22)17(13)15(10)16/h11,14,18H,1,7-9H2,2-6H3. The molecule has 1 aromatic rings. The van der Waals surface area contributed by atoms with Crippen molar-refractivity contribution in [3.63, 3.8) is 0 Å². The Labute approximate surface area is 138 Å². The lowest BCUT2D eigenvalue weighted by Gasteiger charge is -2.22. The lowest BCUT2D eigenvalue weighted by atomic mass is 9.83. The van der Waals surface area contributed by atoms with Crippen LogP contribution in [0, 0.1) is 24.2 Å². The summed E-state index contributed by atoms with van der Waals surface area (Å²) in [6.07, 6.45) is 3.00. The molecule has 0 saturated heterocycles. The van der Waals surface area contributed by atoms with E-state index in [1.807, 2.05) is 6.92 Å². The normalized spacial score (nSPS) is 30.4. The summed E-state index contributed by atoms with van der Waals surface area (Å²) >= 11 is 0. The maximum atomic E-state index is 12.9. The Morgan fingerprint density at radius 2 is 1.96 bits per heavy atom. The van der Waals surface area contributed by atoms with Gasteiger partial charge in [0, 0.05) is 17.0 Å². The van der Waals surface area contributed by atoms with Crippen molar-refractivity contribution < 1.29 is 9.53 Å². The molecular weight excluding hydrogens is 284 g/mol. The van der Waals surface area contributed by atoms with Crippen molar-refractivity contribution in [2.75, 3.05) is 7.11 Å². The Morgan fingerprint density at radius 1 is 1.26 bits per heavy atom. The topological polar surface area (TPSA) is 26.3 Å². The second-order valence-corrected chi connectivity index (χ2v) is 8.32. The Bertz CT molecular complexity index is 754. The van der Waals surface area contributed by atoms with Gasteiger partial charge in [-0.15, -0.1) is 0 Å². The molecule has 0 aromatic heterocycles. The van der Waals surface area contributed by atoms with Gasteiger partial charge in [-0.25, -0.2) is 0 Å². The van der Waals surface area contributed by atoms with Crippen LogP contribution in [-0.4, -0.2) is 12.9 Å². The summed E-state index contributed by atoms with van der Waals surface area (Å²) in [5, 5.41) is 0. The maximum absolute atomic E-state index is 12.9. The van der Waals surface area contributed by atoms with Gasteiger partial charge in [-0.05, 0) is 65.7 Å². The summed E-state index contributed by atoms with van der Waals surface area (Å²) in [5.74, 6) is 2.54. The molecular formula is C21H26O2. The first-order valence-corrected chi connectivity index (χ1v) is 8.76. The maximum Gasteiger partial charge on any atom is 0.167 e. The van der Waals surface area contributed by atoms with E-state index in [1.54, 1.807) is 7.11 Å². The van der Waals surface area contributed by atoms with E-state index in [4.69, 9.17) is 4.74 Å². The SMILES string of the molecule is C=C1CCC2C(c3c(C)c(OC)c4c(c31)C(=O)C(C)C4)C2(C)C. The van der Waals surface area contributed by atoms with Crippen molar-refractivity contribution >= 4 is 11.4 Å². The molecule has 1 saturated carbocycles. The fourth-order valence-corrected chi connectivity index (χ4v) is 5.39. The lowest BCUT2D eigenvalue weighted by molar-refractivity contribution is 0.0946. The fourth-order valence-electron chi connectivity index (χ4n) is 5.39. The van der Waals surface area contributed by atoms with E-state index in [1.165, 1.54) is 23.1 Å². The van der Waals surface area contributed by atoms with Crippen LogP contribution in [0.3, 0.4) is 0 Å². The van der Waals surface area contributed by atoms with Crippen molar-refractivity contribution in [1.29, 1.82) is 0 Å². The zero-order chi connectivity index (χ0) is 16.7. The number of ketones is 1. The van der Waals surface area contributed by atoms with Gasteiger partial charge in [0.1, 0.15) is 5.75 Å². The molecule has 23 heavy (non-hydrogen) atoms. The molecule has 3 atom stereocenters. The number of carbonyl (C=O) groups excluding carboxylic acids is 1. The molecule has 0 aliphatic heterocycles. The van der Waals surface area contributed by atoms with Crippen molar-refractivity contribution in [1.82, 2.24) is 0 Å². The molecule has 122 valence electrons. The third-order valence-electron chi connectivity index (χ3n) is 6.72. The average molecular weight is 310 g/mol. The lowest BCUT2D eigenvalue weighted by Crippen LogP contribution is -2.10. The molecule has 1 fully saturated rings. The minimum absolute atomic E-state index is 0.0591. The third kappa shape index (κ3) is 1.72. The van der Waals surface area contributed by atoms with Crippen LogP contribution in [0.5, 0.6) is 5.75 Å². The van der Waals surface area contributed by atoms with Crippen LogP contribution in [0.25, 0.3) is 5.57 Å². The van der Waals surface area contributed by atoms with E-state index in [-0.39, 0.29) is 11.7 Å². The number of allylic oxidation sites excluding steroid dienone is 1. The Kier molecular flexibility index (Phi) is 2.93. The predicted molar refractivity (Wildman–Crippen MR) is 93.2 cm³/mol. The summed E-state index contributed by atoms with van der Waals surface area (Å²) in [7, 11) is 1.74. The van der Waals surface area contributed by atoms with Gasteiger partial charge in [0.25, 0.3) is 0 Å². The molecule has 4 rings (SSSR count). The first-order valence-electron chi connectivity index (χ1n) is 8.76. The Morgan fingerprint density at radius 3 is 2.61 bits per heavy atom. The summed E-state index contributed by atoms with van der Waals surface area (Å²) in [5.41, 5.74) is 7.33. The van der Waals surface area contributed by atoms with Gasteiger partial charge in [0.2, 0.25) is 0 Å². The van der Waals surface area contributed by atoms with Gasteiger partial charge in [0.05, 0.1) is 7.11 Å². The minimum atomic E-state index is 0.0591. The number of ether oxygens (including phenoxy) is 1. The largest absolute Gasteiger partial charge is 0.496 e. The van der Waals surface area contributed by atoms with Crippen molar-refractivity contribution in [2.45, 2.75) is 52.9 Å². The van der Waals surface area contributed by atoms with Gasteiger partial charge in [-0.3, -0.25) is 4.79 Å². The molecule has 3 unspecified atom stereocenters. The van der Waals surface area contributed by atoms with Crippen LogP contribution in [0.15, 0.2) is 6.58 Å². The first-order chi connectivity index (χ1) is 10.8. The Balaban J connectivity index is 2.08. The molecule has 2 heteroatoms. The highest BCUT2D eigenvalue weighted by atomic mass is 16.5. The van der Waals surface area contributed by atoms with Crippen molar-refractivity contribution in [2.24, 2.45) is 17.3 Å². The molecule has 0 amide bonds. The van der Waals surface area contributed by atoms with Crippen LogP contribution >= 0.6 is 0 Å². The number of Topliss-reactive ketones (excluding diaryl/α,β-unsaturated/α-hetero) is 1. The molecule has 0 spiro atoms. The van der Waals surface area contributed by atoms with E-state index in [9.17, 15) is 4.79 Å². The van der Waals surface area contributed by atoms with E-state index in [0.29, 0.717) is 17.3 Å². The van der Waals surface area contributed by atoms with E-state index < -0.39 is 0 Å². The molecule has 0 radical (unpaired) electrons. The highest BCUT2D eigenvalue weighted by Crippen LogP contribution is 2.70. The smallest absolute Gasteiger partial charge is 0.167 e. The van der Waals surface area contributed by atoms with E-state index >= 15 is 0 Å². The van der Waals surface area contributed by atoms with Crippen LogP contribution in [0.4, 0.5) is 0 Å². The summed E-state index contributed by atoms with van der Waals surface area (Å²) in [4.78, 5) is 12.9. The number of methoxy groups -OCH3 is 1. The van der Waals surface area contributed by atoms with Crippen LogP contribution in [0.1, 0.15) is 72.1 Å². The fraction of sp³-hybridized carbons (Fsp3) is 0.571. The van der Waals surface area contributed by atoms with E-state index in [2.05, 4.69) is 27.4 Å². The van der Waals surface area contributed by atoms with Gasteiger partial charge >= 0.3 is 0 Å². The second kappa shape index (κ2) is 4.49. The molecule has 0 bridgehead atoms. The highest BCUT2D eigenvalue weighted by molar-refractivity contribution is 6.07. The zero-order valence-corrected chi connectivity index (χ0v) is 14.9. The van der Waals surface area contributed by atoms with Crippen molar-refractivity contribution in [3.05, 3.63) is 34.4 Å². The summed E-state index contributed by atoms with van der Waals surface area (Å²) in [6.45, 7) is 13.3. The van der Waals surface area contributed by atoms with Crippen LogP contribution in [0.2, 0.25) is 0 Å². The van der Waals surface area contributed by atoms with E-state index in [0.717, 1.165) is 35.3 Å². The number of benzene rings is 1. The monoisotopic (exact) mass is 310 g/mol. The van der Waals surface area contributed by atoms with Gasteiger partial charge in [-0.1, -0.05) is 27.4 Å². The van der Waals surface area contributed by atoms with Gasteiger partial charge in [-0.2, -0.15) is 0 Å². The number of carbonyl (C=O) groups is 1. The molecule has 1 aromatic carbocycles. The van der Waals surface area contributed by atoms with Crippen LogP contribution < -0.4 is 4.74 Å². The molecule has 0 heterocycles. The highest BCUT2D eigenvalue weighted by Gasteiger charge is 2.60. The first kappa shape index (κ1) is 15.0. The number of hydrogen-bond donors (Lipinski definition) is 0. The molecule has 3 aliphatic rings. The number of rotatable bonds is 1. The Hall–Kier alpha value is -1.57. The molecule has 3 aliphatic carbocycles. The number of hydrogen-bond acceptors (Lipinski definition) is 2.